The van der Waals surface area contributed by atoms with Gasteiger partial charge in [-0.1, -0.05) is 41.5 Å². The van der Waals surface area contributed by atoms with E-state index in [2.05, 4.69) is 19.2 Å². The number of rotatable bonds is 0. The summed E-state index contributed by atoms with van der Waals surface area (Å²) in [6, 6.07) is 0. The number of piperidine rings is 1. The summed E-state index contributed by atoms with van der Waals surface area (Å²) in [6.45, 7) is 13.2. The van der Waals surface area contributed by atoms with Gasteiger partial charge in [-0.25, -0.2) is 0 Å². The molecule has 0 aromatic heterocycles. The molecule has 82 valence electrons. The molecule has 1 heterocycles. The number of carbonyl (C=O) groups excluding carboxylic acids is 1. The molecule has 0 aromatic carbocycles. The van der Waals surface area contributed by atoms with Crippen molar-refractivity contribution in [2.24, 2.45) is 11.8 Å². The molecule has 1 aliphatic rings. The highest BCUT2D eigenvalue weighted by molar-refractivity contribution is 5.76. The first-order valence-electron chi connectivity index (χ1n) is 5.47. The highest BCUT2D eigenvalue weighted by atomic mass is 16.1. The van der Waals surface area contributed by atoms with Crippen LogP contribution >= 0.6 is 0 Å². The number of hydrogen-bond acceptors (Lipinski definition) is 1. The molecule has 1 fully saturated rings. The molecule has 0 spiro atoms. The third-order valence-corrected chi connectivity index (χ3v) is 2.10. The monoisotopic (exact) mass is 189 g/mol. The van der Waals surface area contributed by atoms with Crippen molar-refractivity contribution in [1.82, 2.24) is 5.32 Å². The van der Waals surface area contributed by atoms with Crippen LogP contribution < -0.4 is 5.32 Å². The summed E-state index contributed by atoms with van der Waals surface area (Å²) in [5.74, 6) is 1.43. The third-order valence-electron chi connectivity index (χ3n) is 2.10. The molecule has 1 amide bonds. The average molecular weight is 189 g/mol. The lowest BCUT2D eigenvalue weighted by molar-refractivity contribution is -0.124. The van der Waals surface area contributed by atoms with Crippen molar-refractivity contribution in [2.45, 2.75) is 48.0 Å². The maximum Gasteiger partial charge on any atom is 0.220 e. The number of amides is 1. The van der Waals surface area contributed by atoms with E-state index in [1.165, 1.54) is 0 Å². The molecule has 2 unspecified atom stereocenters. The van der Waals surface area contributed by atoms with Crippen LogP contribution in [0.1, 0.15) is 49.4 Å². The average Bonchev–Trinajstić information content (AvgIpc) is 2.18. The van der Waals surface area contributed by atoms with Crippen LogP contribution in [0, 0.1) is 11.8 Å². The van der Waals surface area contributed by atoms with Gasteiger partial charge in [0.05, 0.1) is 0 Å². The Labute approximate surface area is 84.6 Å². The van der Waals surface area contributed by atoms with Crippen LogP contribution in [0.4, 0.5) is 0 Å². The van der Waals surface area contributed by atoms with E-state index in [1.807, 2.05) is 27.7 Å². The van der Waals surface area contributed by atoms with E-state index >= 15 is 0 Å². The van der Waals surface area contributed by atoms with Crippen molar-refractivity contribution in [3.05, 3.63) is 0 Å². The van der Waals surface area contributed by atoms with Crippen molar-refractivity contribution in [3.63, 3.8) is 0 Å². The van der Waals surface area contributed by atoms with Crippen molar-refractivity contribution in [1.29, 1.82) is 0 Å². The van der Waals surface area contributed by atoms with Crippen LogP contribution in [-0.2, 0) is 4.79 Å². The molecule has 0 saturated carbocycles. The molecule has 1 N–H and O–H groups in total. The summed E-state index contributed by atoms with van der Waals surface area (Å²) in [6.07, 6.45) is 0.709. The van der Waals surface area contributed by atoms with E-state index < -0.39 is 0 Å². The van der Waals surface area contributed by atoms with Crippen molar-refractivity contribution in [2.75, 3.05) is 6.54 Å². The Bertz CT molecular complexity index is 128. The molecule has 0 aromatic rings. The van der Waals surface area contributed by atoms with Gasteiger partial charge in [0, 0.05) is 14.4 Å². The summed E-state index contributed by atoms with van der Waals surface area (Å²) in [5, 5.41) is 2.82. The zero-order valence-corrected chi connectivity index (χ0v) is 9.98. The van der Waals surface area contributed by atoms with Crippen molar-refractivity contribution >= 4 is 5.91 Å². The fourth-order valence-corrected chi connectivity index (χ4v) is 1.04. The maximum atomic E-state index is 10.7. The summed E-state index contributed by atoms with van der Waals surface area (Å²) in [4.78, 5) is 10.7. The lowest BCUT2D eigenvalue weighted by atomic mass is 9.90. The van der Waals surface area contributed by atoms with Gasteiger partial charge < -0.3 is 5.32 Å². The molecule has 1 aliphatic heterocycles. The molecular formula is C11H27NO. The normalized spacial score (nSPS) is 25.8. The van der Waals surface area contributed by atoms with Gasteiger partial charge in [0.2, 0.25) is 5.91 Å². The van der Waals surface area contributed by atoms with Crippen LogP contribution in [0.15, 0.2) is 0 Å². The summed E-state index contributed by atoms with van der Waals surface area (Å²) in [5.41, 5.74) is 0. The fourth-order valence-electron chi connectivity index (χ4n) is 1.04. The molecule has 0 aliphatic carbocycles. The predicted octanol–water partition coefficient (Wildman–Crippen LogP) is 3.08. The van der Waals surface area contributed by atoms with E-state index in [0.717, 1.165) is 6.54 Å². The summed E-state index contributed by atoms with van der Waals surface area (Å²) in [7, 11) is 0. The van der Waals surface area contributed by atoms with Gasteiger partial charge in [-0.05, 0) is 11.8 Å². The van der Waals surface area contributed by atoms with E-state index in [-0.39, 0.29) is 7.33 Å². The van der Waals surface area contributed by atoms with Crippen LogP contribution in [0.2, 0.25) is 0 Å². The van der Waals surface area contributed by atoms with Crippen molar-refractivity contribution in [3.8, 4) is 0 Å². The quantitative estimate of drug-likeness (QED) is 0.623. The molecule has 2 heteroatoms. The SMILES string of the molecule is CC.CC.CC1CNC(=O)CC1C.[HH]. The van der Waals surface area contributed by atoms with Crippen LogP contribution in [-0.4, -0.2) is 12.5 Å². The number of hydrogen-bond donors (Lipinski definition) is 1. The van der Waals surface area contributed by atoms with Gasteiger partial charge in [-0.15, -0.1) is 0 Å². The Kier molecular flexibility index (Phi) is 11.0. The summed E-state index contributed by atoms with van der Waals surface area (Å²) < 4.78 is 0. The van der Waals surface area contributed by atoms with E-state index in [0.29, 0.717) is 18.3 Å². The lowest BCUT2D eigenvalue weighted by Crippen LogP contribution is -2.38. The standard InChI is InChI=1S/C7H13NO.2C2H6.H2/c1-5-3-7(9)8-4-6(5)2;2*1-2;/h5-6H,3-4H2,1-2H3,(H,8,9);2*1-2H3;1H. The van der Waals surface area contributed by atoms with E-state index in [4.69, 9.17) is 0 Å². The minimum atomic E-state index is 0. The third kappa shape index (κ3) is 6.62. The van der Waals surface area contributed by atoms with Crippen LogP contribution in [0.5, 0.6) is 0 Å². The highest BCUT2D eigenvalue weighted by Gasteiger charge is 2.20. The first-order valence-corrected chi connectivity index (χ1v) is 5.47. The minimum Gasteiger partial charge on any atom is -0.356 e. The molecule has 1 saturated heterocycles. The minimum absolute atomic E-state index is 0. The van der Waals surface area contributed by atoms with Gasteiger partial charge in [-0.3, -0.25) is 4.79 Å². The second-order valence-corrected chi connectivity index (χ2v) is 2.96. The molecule has 0 bridgehead atoms. The van der Waals surface area contributed by atoms with Gasteiger partial charge in [0.25, 0.3) is 0 Å². The first kappa shape index (κ1) is 15.0. The zero-order chi connectivity index (χ0) is 10.9. The Hall–Kier alpha value is -0.530. The second kappa shape index (κ2) is 9.56. The fraction of sp³-hybridized carbons (Fsp3) is 0.909. The van der Waals surface area contributed by atoms with Crippen LogP contribution in [0.3, 0.4) is 0 Å². The van der Waals surface area contributed by atoms with Gasteiger partial charge in [0.15, 0.2) is 0 Å². The Morgan fingerprint density at radius 1 is 1.15 bits per heavy atom. The molecule has 1 rings (SSSR count). The van der Waals surface area contributed by atoms with Gasteiger partial charge in [-0.2, -0.15) is 0 Å². The van der Waals surface area contributed by atoms with Gasteiger partial charge in [0.1, 0.15) is 0 Å². The maximum absolute atomic E-state index is 10.7. The Morgan fingerprint density at radius 3 is 1.92 bits per heavy atom. The van der Waals surface area contributed by atoms with Gasteiger partial charge >= 0.3 is 0 Å². The molecule has 13 heavy (non-hydrogen) atoms. The predicted molar refractivity (Wildman–Crippen MR) is 60.8 cm³/mol. The first-order chi connectivity index (χ1) is 6.20. The topological polar surface area (TPSA) is 29.1 Å². The smallest absolute Gasteiger partial charge is 0.220 e. The van der Waals surface area contributed by atoms with E-state index in [9.17, 15) is 4.79 Å². The molecule has 2 nitrogen and oxygen atoms in total. The summed E-state index contributed by atoms with van der Waals surface area (Å²) >= 11 is 0. The number of carbonyl (C=O) groups is 1. The van der Waals surface area contributed by atoms with Crippen LogP contribution in [0.25, 0.3) is 0 Å². The molecule has 0 radical (unpaired) electrons. The molecular weight excluding hydrogens is 162 g/mol. The zero-order valence-electron chi connectivity index (χ0n) is 9.98. The van der Waals surface area contributed by atoms with Crippen molar-refractivity contribution < 1.29 is 6.22 Å². The molecule has 2 atom stereocenters. The lowest BCUT2D eigenvalue weighted by Gasteiger charge is -2.25. The Morgan fingerprint density at radius 2 is 1.62 bits per heavy atom. The highest BCUT2D eigenvalue weighted by Crippen LogP contribution is 2.17. The Balaban J connectivity index is -0.000000216. The van der Waals surface area contributed by atoms with E-state index in [1.54, 1.807) is 0 Å². The largest absolute Gasteiger partial charge is 0.356 e. The number of nitrogens with one attached hydrogen (secondary N) is 1. The second-order valence-electron chi connectivity index (χ2n) is 2.96.